The molecule has 15 heavy (non-hydrogen) atoms. The Bertz CT molecular complexity index is 307. The summed E-state index contributed by atoms with van der Waals surface area (Å²) in [4.78, 5) is 4.32. The molecule has 0 aliphatic rings. The largest absolute Gasteiger partial charge is 0.313 e. The van der Waals surface area contributed by atoms with Crippen molar-refractivity contribution in [2.45, 2.75) is 32.2 Å². The summed E-state index contributed by atoms with van der Waals surface area (Å²) in [6.45, 7) is 5.80. The molecule has 1 aromatic heterocycles. The number of nitrogens with zero attached hydrogens (tertiary/aromatic N) is 1. The summed E-state index contributed by atoms with van der Waals surface area (Å²) >= 11 is 0. The van der Waals surface area contributed by atoms with E-state index in [1.54, 1.807) is 0 Å². The van der Waals surface area contributed by atoms with Crippen LogP contribution in [-0.2, 0) is 0 Å². The standard InChI is InChI=1S/C13H20N2/c1-4-5-6-9-13(14-3)12-8-7-10-15-11(12)2/h4,7-8,10,13-14H,1,5-6,9H2,2-3H3. The number of pyridine rings is 1. The fourth-order valence-electron chi connectivity index (χ4n) is 1.79. The molecule has 1 rings (SSSR count). The molecule has 0 amide bonds. The van der Waals surface area contributed by atoms with E-state index in [-0.39, 0.29) is 0 Å². The van der Waals surface area contributed by atoms with Gasteiger partial charge in [-0.15, -0.1) is 6.58 Å². The van der Waals surface area contributed by atoms with Crippen molar-refractivity contribution < 1.29 is 0 Å². The van der Waals surface area contributed by atoms with Crippen molar-refractivity contribution in [1.82, 2.24) is 10.3 Å². The van der Waals surface area contributed by atoms with Crippen molar-refractivity contribution in [2.75, 3.05) is 7.05 Å². The van der Waals surface area contributed by atoms with E-state index in [9.17, 15) is 0 Å². The first-order valence-corrected chi connectivity index (χ1v) is 5.49. The lowest BCUT2D eigenvalue weighted by molar-refractivity contribution is 0.526. The number of nitrogens with one attached hydrogen (secondary N) is 1. The van der Waals surface area contributed by atoms with Crippen molar-refractivity contribution in [3.8, 4) is 0 Å². The molecule has 1 N–H and O–H groups in total. The summed E-state index contributed by atoms with van der Waals surface area (Å²) in [5.74, 6) is 0. The second-order valence-corrected chi connectivity index (χ2v) is 3.74. The van der Waals surface area contributed by atoms with Gasteiger partial charge >= 0.3 is 0 Å². The minimum absolute atomic E-state index is 0.415. The molecule has 1 heterocycles. The van der Waals surface area contributed by atoms with Gasteiger partial charge in [-0.1, -0.05) is 12.1 Å². The minimum atomic E-state index is 0.415. The predicted octanol–water partition coefficient (Wildman–Crippen LogP) is 3.01. The first-order chi connectivity index (χ1) is 7.29. The van der Waals surface area contributed by atoms with Crippen LogP contribution in [0.15, 0.2) is 31.0 Å². The van der Waals surface area contributed by atoms with Crippen LogP contribution in [-0.4, -0.2) is 12.0 Å². The maximum atomic E-state index is 4.32. The zero-order valence-electron chi connectivity index (χ0n) is 9.66. The molecule has 82 valence electrons. The van der Waals surface area contributed by atoms with E-state index in [0.29, 0.717) is 6.04 Å². The highest BCUT2D eigenvalue weighted by atomic mass is 14.9. The molecule has 0 saturated heterocycles. The predicted molar refractivity (Wildman–Crippen MR) is 64.8 cm³/mol. The van der Waals surface area contributed by atoms with Crippen LogP contribution in [0.2, 0.25) is 0 Å². The van der Waals surface area contributed by atoms with Crippen molar-refractivity contribution in [3.05, 3.63) is 42.2 Å². The van der Waals surface area contributed by atoms with Crippen molar-refractivity contribution in [3.63, 3.8) is 0 Å². The summed E-state index contributed by atoms with van der Waals surface area (Å²) in [5.41, 5.74) is 2.43. The number of unbranched alkanes of at least 4 members (excludes halogenated alkanes) is 1. The third-order valence-corrected chi connectivity index (χ3v) is 2.67. The minimum Gasteiger partial charge on any atom is -0.313 e. The molecule has 2 nitrogen and oxygen atoms in total. The van der Waals surface area contributed by atoms with E-state index in [1.807, 2.05) is 25.4 Å². The van der Waals surface area contributed by atoms with E-state index < -0.39 is 0 Å². The van der Waals surface area contributed by atoms with Gasteiger partial charge in [0.25, 0.3) is 0 Å². The Balaban J connectivity index is 2.65. The topological polar surface area (TPSA) is 24.9 Å². The number of allylic oxidation sites excluding steroid dienone is 1. The third-order valence-electron chi connectivity index (χ3n) is 2.67. The summed E-state index contributed by atoms with van der Waals surface area (Å²) in [5, 5.41) is 3.34. The number of hydrogen-bond acceptors (Lipinski definition) is 2. The van der Waals surface area contributed by atoms with E-state index in [2.05, 4.69) is 29.9 Å². The first kappa shape index (κ1) is 11.9. The van der Waals surface area contributed by atoms with Gasteiger partial charge < -0.3 is 5.32 Å². The Morgan fingerprint density at radius 2 is 2.40 bits per heavy atom. The zero-order chi connectivity index (χ0) is 11.1. The molecule has 1 unspecified atom stereocenters. The van der Waals surface area contributed by atoms with Gasteiger partial charge in [0.1, 0.15) is 0 Å². The summed E-state index contributed by atoms with van der Waals surface area (Å²) < 4.78 is 0. The molecule has 0 radical (unpaired) electrons. The lowest BCUT2D eigenvalue weighted by Crippen LogP contribution is -2.17. The lowest BCUT2D eigenvalue weighted by Gasteiger charge is -2.17. The molecule has 0 aliphatic heterocycles. The van der Waals surface area contributed by atoms with Crippen LogP contribution in [0, 0.1) is 6.92 Å². The molecular weight excluding hydrogens is 184 g/mol. The Kier molecular flexibility index (Phi) is 5.05. The fourth-order valence-corrected chi connectivity index (χ4v) is 1.79. The molecule has 1 aromatic rings. The van der Waals surface area contributed by atoms with Gasteiger partial charge in [0.2, 0.25) is 0 Å². The second-order valence-electron chi connectivity index (χ2n) is 3.74. The molecule has 0 saturated carbocycles. The van der Waals surface area contributed by atoms with E-state index >= 15 is 0 Å². The van der Waals surface area contributed by atoms with E-state index in [4.69, 9.17) is 0 Å². The van der Waals surface area contributed by atoms with Gasteiger partial charge in [-0.05, 0) is 44.9 Å². The van der Waals surface area contributed by atoms with Gasteiger partial charge in [0.15, 0.2) is 0 Å². The number of aryl methyl sites for hydroxylation is 1. The molecule has 0 aromatic carbocycles. The van der Waals surface area contributed by atoms with Crippen LogP contribution in [0.25, 0.3) is 0 Å². The van der Waals surface area contributed by atoms with Gasteiger partial charge in [0.05, 0.1) is 0 Å². The van der Waals surface area contributed by atoms with Gasteiger partial charge in [-0.3, -0.25) is 4.98 Å². The zero-order valence-corrected chi connectivity index (χ0v) is 9.66. The van der Waals surface area contributed by atoms with Crippen LogP contribution < -0.4 is 5.32 Å². The smallest absolute Gasteiger partial charge is 0.0420 e. The van der Waals surface area contributed by atoms with Gasteiger partial charge in [-0.2, -0.15) is 0 Å². The molecule has 0 aliphatic carbocycles. The van der Waals surface area contributed by atoms with E-state index in [0.717, 1.165) is 18.5 Å². The maximum absolute atomic E-state index is 4.32. The highest BCUT2D eigenvalue weighted by molar-refractivity contribution is 5.22. The van der Waals surface area contributed by atoms with Gasteiger partial charge in [-0.25, -0.2) is 0 Å². The van der Waals surface area contributed by atoms with Crippen LogP contribution in [0.5, 0.6) is 0 Å². The molecular formula is C13H20N2. The van der Waals surface area contributed by atoms with Crippen LogP contribution >= 0.6 is 0 Å². The molecule has 0 spiro atoms. The third kappa shape index (κ3) is 3.48. The lowest BCUT2D eigenvalue weighted by atomic mass is 10.00. The normalized spacial score (nSPS) is 12.4. The quantitative estimate of drug-likeness (QED) is 0.569. The summed E-state index contributed by atoms with van der Waals surface area (Å²) in [7, 11) is 2.00. The van der Waals surface area contributed by atoms with Crippen LogP contribution in [0.3, 0.4) is 0 Å². The molecule has 1 atom stereocenters. The first-order valence-electron chi connectivity index (χ1n) is 5.49. The van der Waals surface area contributed by atoms with Crippen molar-refractivity contribution in [1.29, 1.82) is 0 Å². The fraction of sp³-hybridized carbons (Fsp3) is 0.462. The SMILES string of the molecule is C=CCCCC(NC)c1cccnc1C. The Hall–Kier alpha value is -1.15. The monoisotopic (exact) mass is 204 g/mol. The Morgan fingerprint density at radius 3 is 3.00 bits per heavy atom. The maximum Gasteiger partial charge on any atom is 0.0420 e. The second kappa shape index (κ2) is 6.36. The number of aromatic nitrogens is 1. The molecule has 0 bridgehead atoms. The molecule has 0 fully saturated rings. The Morgan fingerprint density at radius 1 is 1.60 bits per heavy atom. The molecule has 2 heteroatoms. The van der Waals surface area contributed by atoms with Gasteiger partial charge in [0, 0.05) is 17.9 Å². The highest BCUT2D eigenvalue weighted by Gasteiger charge is 2.10. The van der Waals surface area contributed by atoms with Crippen LogP contribution in [0.1, 0.15) is 36.6 Å². The highest BCUT2D eigenvalue weighted by Crippen LogP contribution is 2.20. The van der Waals surface area contributed by atoms with Crippen molar-refractivity contribution in [2.24, 2.45) is 0 Å². The summed E-state index contributed by atoms with van der Waals surface area (Å²) in [6, 6.07) is 4.57. The summed E-state index contributed by atoms with van der Waals surface area (Å²) in [6.07, 6.45) is 7.20. The van der Waals surface area contributed by atoms with E-state index in [1.165, 1.54) is 12.0 Å². The number of rotatable bonds is 6. The van der Waals surface area contributed by atoms with Crippen LogP contribution in [0.4, 0.5) is 0 Å². The Labute approximate surface area is 92.4 Å². The average molecular weight is 204 g/mol. The van der Waals surface area contributed by atoms with Crippen molar-refractivity contribution >= 4 is 0 Å². The number of hydrogen-bond donors (Lipinski definition) is 1. The average Bonchev–Trinajstić information content (AvgIpc) is 2.26.